The normalized spacial score (nSPS) is 4.75. The van der Waals surface area contributed by atoms with Gasteiger partial charge in [0.15, 0.2) is 0 Å². The zero-order chi connectivity index (χ0) is 6.12. The molecule has 0 bridgehead atoms. The van der Waals surface area contributed by atoms with Gasteiger partial charge in [0.1, 0.15) is 0 Å². The molecule has 0 aromatic rings. The third kappa shape index (κ3) is 102. The van der Waals surface area contributed by atoms with Gasteiger partial charge in [0.2, 0.25) is 0 Å². The van der Waals surface area contributed by atoms with Gasteiger partial charge in [-0.05, 0) is 0 Å². The first kappa shape index (κ1) is 15.8. The van der Waals surface area contributed by atoms with Crippen LogP contribution in [0.5, 0.6) is 0 Å². The van der Waals surface area contributed by atoms with E-state index in [0.29, 0.717) is 0 Å². The van der Waals surface area contributed by atoms with E-state index in [9.17, 15) is 0 Å². The van der Waals surface area contributed by atoms with Gasteiger partial charge in [-0.2, -0.15) is 0 Å². The van der Waals surface area contributed by atoms with Crippen LogP contribution >= 0.6 is 0 Å². The van der Waals surface area contributed by atoms with Crippen molar-refractivity contribution in [3.8, 4) is 0 Å². The van der Waals surface area contributed by atoms with E-state index in [1.165, 1.54) is 0 Å². The van der Waals surface area contributed by atoms with Crippen LogP contribution in [0.2, 0.25) is 0 Å². The first-order chi connectivity index (χ1) is 3.33. The molecule has 0 heterocycles. The quantitative estimate of drug-likeness (QED) is 0.469. The van der Waals surface area contributed by atoms with Gasteiger partial charge >= 0.3 is 26.2 Å². The summed E-state index contributed by atoms with van der Waals surface area (Å²) < 4.78 is 0. The second kappa shape index (κ2) is 26.5. The summed E-state index contributed by atoms with van der Waals surface area (Å²) in [7, 11) is 0. The topological polar surface area (TPSA) is 40.5 Å². The number of aliphatic hydroxyl groups is 2. The second-order valence-electron chi connectivity index (χ2n) is 0.697. The van der Waals surface area contributed by atoms with Gasteiger partial charge in [-0.15, -0.1) is 5.73 Å². The van der Waals surface area contributed by atoms with Gasteiger partial charge in [0.05, 0.1) is 13.2 Å². The van der Waals surface area contributed by atoms with Gasteiger partial charge in [0.25, 0.3) is 0 Å². The Bertz CT molecular complexity index is 46.4. The summed E-state index contributed by atoms with van der Waals surface area (Å²) in [6, 6.07) is 0. The Labute approximate surface area is 68.7 Å². The van der Waals surface area contributed by atoms with Crippen LogP contribution in [0.1, 0.15) is 0 Å². The maximum atomic E-state index is 7.62. The predicted molar refractivity (Wildman–Crippen MR) is 38.9 cm³/mol. The summed E-state index contributed by atoms with van der Waals surface area (Å²) in [4.78, 5) is 0. The summed E-state index contributed by atoms with van der Waals surface area (Å²) in [6.45, 7) is 6.00. The van der Waals surface area contributed by atoms with Crippen LogP contribution in [0.4, 0.5) is 0 Å². The summed E-state index contributed by atoms with van der Waals surface area (Å²) >= 11 is 0. The predicted octanol–water partition coefficient (Wildman–Crippen LogP) is -1.26. The second-order valence-corrected chi connectivity index (χ2v) is 0.697. The molecule has 0 radical (unpaired) electrons. The summed E-state index contributed by atoms with van der Waals surface area (Å²) in [5.74, 6) is 0. The summed E-state index contributed by atoms with van der Waals surface area (Å²) in [5.41, 5.74) is 2.25. The average molecular weight is 314 g/mol. The molecular weight excluding hydrogens is 301 g/mol. The fraction of sp³-hybridized carbons (Fsp3) is 0.400. The van der Waals surface area contributed by atoms with E-state index < -0.39 is 0 Å². The van der Waals surface area contributed by atoms with Gasteiger partial charge in [0, 0.05) is 0 Å². The molecule has 0 fully saturated rings. The van der Waals surface area contributed by atoms with Crippen LogP contribution < -0.4 is 0 Å². The van der Waals surface area contributed by atoms with E-state index in [4.69, 9.17) is 10.2 Å². The van der Waals surface area contributed by atoms with Crippen molar-refractivity contribution in [3.63, 3.8) is 0 Å². The third-order valence-electron chi connectivity index (χ3n) is 0.1000. The van der Waals surface area contributed by atoms with Crippen LogP contribution in [-0.2, 0) is 0 Å². The molecule has 0 aliphatic heterocycles. The Kier molecular flexibility index (Phi) is 52.2. The van der Waals surface area contributed by atoms with E-state index in [-0.39, 0.29) is 39.4 Å². The van der Waals surface area contributed by atoms with Crippen molar-refractivity contribution >= 4 is 26.2 Å². The monoisotopic (exact) mass is 314 g/mol. The van der Waals surface area contributed by atoms with Crippen LogP contribution in [0.3, 0.4) is 0 Å². The van der Waals surface area contributed by atoms with Crippen molar-refractivity contribution in [3.05, 3.63) is 18.9 Å². The third-order valence-corrected chi connectivity index (χ3v) is 0.1000. The molecule has 0 atom stereocenters. The molecule has 0 aliphatic rings. The fourth-order valence-electron chi connectivity index (χ4n) is 0. The number of rotatable bonds is 1. The molecule has 0 aliphatic carbocycles. The molecular formula is C5H13BiO2. The zero-order valence-corrected chi connectivity index (χ0v) is 10.4. The van der Waals surface area contributed by atoms with Crippen molar-refractivity contribution < 1.29 is 10.2 Å². The molecule has 0 aromatic carbocycles. The van der Waals surface area contributed by atoms with E-state index in [2.05, 4.69) is 18.9 Å². The Morgan fingerprint density at radius 1 is 1.12 bits per heavy atom. The van der Waals surface area contributed by atoms with Gasteiger partial charge < -0.3 is 10.2 Å². The van der Waals surface area contributed by atoms with Crippen molar-refractivity contribution in [1.29, 1.82) is 0 Å². The van der Waals surface area contributed by atoms with Crippen LogP contribution in [0, 0.1) is 0 Å². The first-order valence-electron chi connectivity index (χ1n) is 1.84. The van der Waals surface area contributed by atoms with Crippen LogP contribution in [0.25, 0.3) is 0 Å². The van der Waals surface area contributed by atoms with Crippen molar-refractivity contribution in [2.75, 3.05) is 13.2 Å². The molecule has 0 spiro atoms. The van der Waals surface area contributed by atoms with E-state index in [1.807, 2.05) is 0 Å². The first-order valence-corrected chi connectivity index (χ1v) is 1.84. The van der Waals surface area contributed by atoms with Crippen LogP contribution in [-0.4, -0.2) is 49.6 Å². The molecule has 3 heteroatoms. The summed E-state index contributed by atoms with van der Waals surface area (Å²) in [6.07, 6.45) is 0. The van der Waals surface area contributed by atoms with E-state index in [1.54, 1.807) is 0 Å². The SMILES string of the molecule is C=C=C.OCCO.[BiH3]. The molecule has 2 N–H and O–H groups in total. The molecule has 0 saturated heterocycles. The Morgan fingerprint density at radius 2 is 1.25 bits per heavy atom. The molecule has 0 unspecified atom stereocenters. The number of hydrogen-bond donors (Lipinski definition) is 2. The van der Waals surface area contributed by atoms with Crippen molar-refractivity contribution in [2.24, 2.45) is 0 Å². The average Bonchev–Trinajstić information content (AvgIpc) is 1.69. The molecule has 0 amide bonds. The van der Waals surface area contributed by atoms with E-state index >= 15 is 0 Å². The summed E-state index contributed by atoms with van der Waals surface area (Å²) in [5, 5.41) is 15.2. The van der Waals surface area contributed by atoms with Gasteiger partial charge in [-0.1, -0.05) is 13.2 Å². The standard InChI is InChI=1S/C3H4.C2H6O2.Bi.3H/c1-3-2;3-1-2-4;;;;/h1-2H2;3-4H,1-2H2;;;;. The Hall–Kier alpha value is 0.323. The molecule has 0 saturated carbocycles. The van der Waals surface area contributed by atoms with E-state index in [0.717, 1.165) is 0 Å². The molecule has 0 aromatic heterocycles. The number of hydrogen-bond acceptors (Lipinski definition) is 2. The maximum absolute atomic E-state index is 7.62. The van der Waals surface area contributed by atoms with Crippen molar-refractivity contribution in [2.45, 2.75) is 0 Å². The molecule has 50 valence electrons. The minimum absolute atomic E-state index is 0. The number of aliphatic hydroxyl groups excluding tert-OH is 2. The Morgan fingerprint density at radius 3 is 1.25 bits per heavy atom. The zero-order valence-electron chi connectivity index (χ0n) is 4.93. The van der Waals surface area contributed by atoms with Crippen LogP contribution in [0.15, 0.2) is 18.9 Å². The minimum atomic E-state index is -0.125. The fourth-order valence-corrected chi connectivity index (χ4v) is 0. The van der Waals surface area contributed by atoms with Gasteiger partial charge in [-0.3, -0.25) is 0 Å². The molecule has 0 rings (SSSR count). The van der Waals surface area contributed by atoms with Crippen molar-refractivity contribution in [1.82, 2.24) is 0 Å². The van der Waals surface area contributed by atoms with Gasteiger partial charge in [-0.25, -0.2) is 0 Å². The Balaban J connectivity index is -0.0000000575. The molecule has 2 nitrogen and oxygen atoms in total. The molecule has 8 heavy (non-hydrogen) atoms.